The van der Waals surface area contributed by atoms with Gasteiger partial charge in [0.15, 0.2) is 0 Å². The zero-order valence-electron chi connectivity index (χ0n) is 36.4. The van der Waals surface area contributed by atoms with E-state index in [0.717, 1.165) is 102 Å². The van der Waals surface area contributed by atoms with Gasteiger partial charge >= 0.3 is 6.18 Å². The molecule has 2 aromatic carbocycles. The fraction of sp³-hybridized carbons (Fsp3) is 0.522. The molecule has 4 N–H and O–H groups in total. The number of nitrogens with one attached hydrogen (secondary N) is 2. The first kappa shape index (κ1) is 45.0. The van der Waals surface area contributed by atoms with E-state index >= 15 is 4.39 Å². The van der Waals surface area contributed by atoms with Crippen LogP contribution in [-0.4, -0.2) is 105 Å². The summed E-state index contributed by atoms with van der Waals surface area (Å²) in [5.41, 5.74) is 7.82. The predicted octanol–water partition coefficient (Wildman–Crippen LogP) is 5.95. The van der Waals surface area contributed by atoms with Gasteiger partial charge in [-0.05, 0) is 118 Å². The summed E-state index contributed by atoms with van der Waals surface area (Å²) in [6.07, 6.45) is 4.56. The number of nitrogens with two attached hydrogens (primary N) is 1. The SMILES string of the molecule is C[C@@H](Nc1ncnc2c1cc(N1CCN(CCCCCCCN3CCC(c4cc5c(cc4F)C(=O)N(C4CCC(=O)NC4=O)C5)CC3)CC1)c(=O)n2C)c1cc(N)cc(C(F)(F)F)c1. The number of hydrogen-bond acceptors (Lipinski definition) is 11. The van der Waals surface area contributed by atoms with Gasteiger partial charge in [-0.2, -0.15) is 13.2 Å². The van der Waals surface area contributed by atoms with E-state index in [1.54, 1.807) is 20.0 Å². The number of benzene rings is 2. The standard InChI is InChI=1S/C46H56F4N10O4/c1-28(30-20-32(46(48,49)50)23-33(51)21-30)54-41-36-25-39(45(64)56(2)42(36)53-27-52-41)59-18-16-58(17-19-59)13-7-5-3-4-6-12-57-14-10-29(11-15-57)34-22-31-26-60(44(63)35(31)24-37(34)47)38-8-9-40(61)55-43(38)62/h20-25,27-29,38H,3-19,26,51H2,1-2H3,(H,52,53,54)(H,55,61,62)/t28-,38?/m1/s1. The van der Waals surface area contributed by atoms with Gasteiger partial charge in [0.05, 0.1) is 17.0 Å². The molecule has 4 aliphatic heterocycles. The lowest BCUT2D eigenvalue weighted by molar-refractivity contribution is -0.138. The monoisotopic (exact) mass is 888 g/mol. The third-order valence-electron chi connectivity index (χ3n) is 13.5. The summed E-state index contributed by atoms with van der Waals surface area (Å²) < 4.78 is 57.4. The molecular formula is C46H56F4N10O4. The van der Waals surface area contributed by atoms with Crippen molar-refractivity contribution >= 4 is 45.9 Å². The molecule has 342 valence electrons. The van der Waals surface area contributed by atoms with Crippen LogP contribution < -0.4 is 26.8 Å². The number of aromatic nitrogens is 3. The Bertz CT molecular complexity index is 2460. The highest BCUT2D eigenvalue weighted by Gasteiger charge is 2.40. The van der Waals surface area contributed by atoms with Crippen LogP contribution in [0.1, 0.15) is 109 Å². The van der Waals surface area contributed by atoms with Gasteiger partial charge in [-0.25, -0.2) is 14.4 Å². The number of aryl methyl sites for hydroxylation is 1. The van der Waals surface area contributed by atoms with Gasteiger partial charge in [-0.15, -0.1) is 0 Å². The van der Waals surface area contributed by atoms with Gasteiger partial charge in [0, 0.05) is 57.4 Å². The zero-order chi connectivity index (χ0) is 45.3. The Morgan fingerprint density at radius 2 is 1.55 bits per heavy atom. The topological polar surface area (TPSA) is 162 Å². The lowest BCUT2D eigenvalue weighted by Gasteiger charge is -2.36. The van der Waals surface area contributed by atoms with E-state index in [4.69, 9.17) is 5.73 Å². The normalized spacial score (nSPS) is 19.7. The Morgan fingerprint density at radius 3 is 2.23 bits per heavy atom. The molecule has 2 atom stereocenters. The number of carbonyl (C=O) groups excluding carboxylic acids is 3. The molecule has 8 rings (SSSR count). The second kappa shape index (κ2) is 18.8. The van der Waals surface area contributed by atoms with Crippen molar-refractivity contribution in [3.05, 3.63) is 86.7 Å². The molecule has 3 fully saturated rings. The highest BCUT2D eigenvalue weighted by atomic mass is 19.4. The summed E-state index contributed by atoms with van der Waals surface area (Å²) in [7, 11) is 1.66. The van der Waals surface area contributed by atoms with Crippen molar-refractivity contribution in [2.45, 2.75) is 95.4 Å². The molecule has 0 spiro atoms. The minimum Gasteiger partial charge on any atom is -0.399 e. The van der Waals surface area contributed by atoms with Crippen LogP contribution in [0.2, 0.25) is 0 Å². The number of imide groups is 1. The lowest BCUT2D eigenvalue weighted by Crippen LogP contribution is -2.52. The fourth-order valence-electron chi connectivity index (χ4n) is 9.78. The van der Waals surface area contributed by atoms with Crippen molar-refractivity contribution in [1.29, 1.82) is 0 Å². The number of halogens is 4. The van der Waals surface area contributed by atoms with Gasteiger partial charge < -0.3 is 25.8 Å². The molecule has 64 heavy (non-hydrogen) atoms. The average Bonchev–Trinajstić information content (AvgIpc) is 3.58. The number of pyridine rings is 1. The quantitative estimate of drug-likeness (QED) is 0.0594. The number of likely N-dealkylation sites (tertiary alicyclic amines) is 1. The molecule has 0 radical (unpaired) electrons. The summed E-state index contributed by atoms with van der Waals surface area (Å²) >= 11 is 0. The van der Waals surface area contributed by atoms with Crippen molar-refractivity contribution in [1.82, 2.24) is 34.6 Å². The number of amides is 3. The van der Waals surface area contributed by atoms with E-state index in [1.807, 2.05) is 6.07 Å². The molecule has 4 aromatic rings. The Morgan fingerprint density at radius 1 is 0.859 bits per heavy atom. The van der Waals surface area contributed by atoms with Crippen LogP contribution in [0.25, 0.3) is 11.0 Å². The molecule has 0 aliphatic carbocycles. The first-order valence-corrected chi connectivity index (χ1v) is 22.4. The molecule has 3 saturated heterocycles. The number of anilines is 3. The third-order valence-corrected chi connectivity index (χ3v) is 13.5. The molecule has 1 unspecified atom stereocenters. The summed E-state index contributed by atoms with van der Waals surface area (Å²) in [5.74, 6) is -1.07. The molecule has 0 saturated carbocycles. The highest BCUT2D eigenvalue weighted by Crippen LogP contribution is 2.37. The molecule has 14 nitrogen and oxygen atoms in total. The van der Waals surface area contributed by atoms with Crippen molar-refractivity contribution < 1.29 is 31.9 Å². The number of fused-ring (bicyclic) bond motifs is 2. The zero-order valence-corrected chi connectivity index (χ0v) is 36.4. The molecule has 18 heteroatoms. The number of unbranched alkanes of at least 4 members (excludes halogenated alkanes) is 4. The molecule has 0 bridgehead atoms. The van der Waals surface area contributed by atoms with Gasteiger partial charge in [0.25, 0.3) is 11.5 Å². The number of hydrogen-bond donors (Lipinski definition) is 3. The van der Waals surface area contributed by atoms with Crippen LogP contribution in [0.3, 0.4) is 0 Å². The lowest BCUT2D eigenvalue weighted by atomic mass is 9.87. The Hall–Kier alpha value is -5.62. The number of nitrogens with zero attached hydrogens (tertiary/aromatic N) is 7. The Labute approximate surface area is 369 Å². The van der Waals surface area contributed by atoms with Crippen LogP contribution in [0.5, 0.6) is 0 Å². The van der Waals surface area contributed by atoms with Gasteiger partial charge in [-0.3, -0.25) is 34.0 Å². The van der Waals surface area contributed by atoms with Gasteiger partial charge in [-0.1, -0.05) is 25.3 Å². The number of carbonyl (C=O) groups is 3. The van der Waals surface area contributed by atoms with Crippen molar-refractivity contribution in [3.8, 4) is 0 Å². The van der Waals surface area contributed by atoms with Crippen molar-refractivity contribution in [2.75, 3.05) is 68.3 Å². The summed E-state index contributed by atoms with van der Waals surface area (Å²) in [5, 5.41) is 6.12. The van der Waals surface area contributed by atoms with Crippen LogP contribution in [0, 0.1) is 5.82 Å². The number of alkyl halides is 3. The van der Waals surface area contributed by atoms with Crippen molar-refractivity contribution in [2.24, 2.45) is 7.05 Å². The minimum absolute atomic E-state index is 0.00987. The maximum absolute atomic E-state index is 15.4. The fourth-order valence-corrected chi connectivity index (χ4v) is 9.78. The maximum Gasteiger partial charge on any atom is 0.416 e. The van der Waals surface area contributed by atoms with E-state index < -0.39 is 29.7 Å². The maximum atomic E-state index is 15.4. The second-order valence-corrected chi connectivity index (χ2v) is 17.7. The van der Waals surface area contributed by atoms with Gasteiger partial charge in [0.2, 0.25) is 11.8 Å². The predicted molar refractivity (Wildman–Crippen MR) is 235 cm³/mol. The average molecular weight is 889 g/mol. The van der Waals surface area contributed by atoms with Crippen LogP contribution in [0.15, 0.2) is 47.5 Å². The van der Waals surface area contributed by atoms with Crippen LogP contribution >= 0.6 is 0 Å². The molecule has 6 heterocycles. The molecule has 2 aromatic heterocycles. The first-order valence-electron chi connectivity index (χ1n) is 22.4. The summed E-state index contributed by atoms with van der Waals surface area (Å²) in [4.78, 5) is 67.9. The van der Waals surface area contributed by atoms with E-state index in [-0.39, 0.29) is 54.2 Å². The third kappa shape index (κ3) is 9.72. The number of nitrogen functional groups attached to an aromatic ring is 1. The first-order chi connectivity index (χ1) is 30.6. The summed E-state index contributed by atoms with van der Waals surface area (Å²) in [6, 6.07) is 7.13. The smallest absolute Gasteiger partial charge is 0.399 e. The number of rotatable bonds is 14. The largest absolute Gasteiger partial charge is 0.416 e. The summed E-state index contributed by atoms with van der Waals surface area (Å²) in [6.45, 7) is 8.74. The highest BCUT2D eigenvalue weighted by molar-refractivity contribution is 6.05. The molecular weight excluding hydrogens is 833 g/mol. The number of piperidine rings is 2. The van der Waals surface area contributed by atoms with Crippen LogP contribution in [-0.2, 0) is 29.4 Å². The Balaban J connectivity index is 0.750. The van der Waals surface area contributed by atoms with E-state index in [0.29, 0.717) is 52.3 Å². The second-order valence-electron chi connectivity index (χ2n) is 17.7. The minimum atomic E-state index is -4.54. The van der Waals surface area contributed by atoms with Crippen LogP contribution in [0.4, 0.5) is 34.8 Å². The van der Waals surface area contributed by atoms with Crippen molar-refractivity contribution in [3.63, 3.8) is 0 Å². The Kier molecular flexibility index (Phi) is 13.2. The number of piperazine rings is 1. The molecule has 3 amide bonds. The molecule has 4 aliphatic rings. The van der Waals surface area contributed by atoms with E-state index in [9.17, 15) is 32.3 Å². The van der Waals surface area contributed by atoms with Gasteiger partial charge in [0.1, 0.15) is 35.3 Å². The van der Waals surface area contributed by atoms with E-state index in [1.165, 1.54) is 27.9 Å². The van der Waals surface area contributed by atoms with E-state index in [2.05, 4.69) is 35.3 Å².